The quantitative estimate of drug-likeness (QED) is 0.0638. The number of rotatable bonds is 22. The average molecular weight is 1730 g/mol. The summed E-state index contributed by atoms with van der Waals surface area (Å²) < 4.78 is 72.5. The standard InChI is InChI=1S/C27H24O2.4C14H14O.4C8H10O2/c1-28-26-15-13-20(18-24(26)22-9-5-3-6-10-22)17-21-14-16-27(29-2)25(19-21)23-11-7-4-8-12-23;3*1-11-7-6-10-13(14(11)15-2)12-8-4-3-5-9-12;1-11-8-9-14(15-2)13(10-11)12-6-4-3-5-7-12;4*1-9-7-3-5-8(10-2)6-4-7/h3-16,18-19H,17H2,1-2H3;4*3-10H,1-2H3;4*3-6H,1-2H3. The fourth-order valence-corrected chi connectivity index (χ4v) is 13.5. The molecule has 0 saturated carbocycles. The van der Waals surface area contributed by atoms with Gasteiger partial charge < -0.3 is 66.3 Å². The van der Waals surface area contributed by atoms with Crippen molar-refractivity contribution in [3.05, 3.63) is 422 Å². The highest BCUT2D eigenvalue weighted by molar-refractivity contribution is 5.77. The van der Waals surface area contributed by atoms with E-state index in [4.69, 9.17) is 66.3 Å². The summed E-state index contributed by atoms with van der Waals surface area (Å²) in [4.78, 5) is 0. The Balaban J connectivity index is 0.000000184. The lowest BCUT2D eigenvalue weighted by molar-refractivity contribution is 0.403. The Morgan fingerprint density at radius 1 is 0.155 bits per heavy atom. The summed E-state index contributed by atoms with van der Waals surface area (Å²) in [7, 11) is 23.4. The molecule has 0 heterocycles. The first-order valence-electron chi connectivity index (χ1n) is 42.0. The van der Waals surface area contributed by atoms with Gasteiger partial charge in [0.25, 0.3) is 0 Å². The van der Waals surface area contributed by atoms with Gasteiger partial charge in [-0.3, -0.25) is 0 Å². The summed E-state index contributed by atoms with van der Waals surface area (Å²) in [5.74, 6) is 12.4. The average Bonchev–Trinajstić information content (AvgIpc) is 0.812. The fourth-order valence-electron chi connectivity index (χ4n) is 13.5. The molecule has 664 valence electrons. The van der Waals surface area contributed by atoms with Crippen molar-refractivity contribution in [2.45, 2.75) is 34.1 Å². The predicted molar refractivity (Wildman–Crippen MR) is 531 cm³/mol. The van der Waals surface area contributed by atoms with Crippen LogP contribution in [0.5, 0.6) is 80.5 Å². The van der Waals surface area contributed by atoms with Gasteiger partial charge in [0.2, 0.25) is 0 Å². The van der Waals surface area contributed by atoms with Gasteiger partial charge in [-0.1, -0.05) is 260 Å². The van der Waals surface area contributed by atoms with Crippen LogP contribution < -0.4 is 66.3 Å². The first-order valence-corrected chi connectivity index (χ1v) is 42.0. The van der Waals surface area contributed by atoms with Crippen molar-refractivity contribution in [1.29, 1.82) is 0 Å². The Labute approximate surface area is 764 Å². The van der Waals surface area contributed by atoms with Gasteiger partial charge in [-0.15, -0.1) is 0 Å². The molecule has 16 aromatic rings. The summed E-state index contributed by atoms with van der Waals surface area (Å²) in [6, 6.07) is 129. The number of ether oxygens (including phenoxy) is 14. The first kappa shape index (κ1) is 99.1. The van der Waals surface area contributed by atoms with Gasteiger partial charge in [0.05, 0.1) is 99.5 Å². The van der Waals surface area contributed by atoms with E-state index >= 15 is 0 Å². The zero-order chi connectivity index (χ0) is 92.3. The lowest BCUT2D eigenvalue weighted by Crippen LogP contribution is -1.95. The molecule has 14 heteroatoms. The van der Waals surface area contributed by atoms with E-state index in [9.17, 15) is 0 Å². The van der Waals surface area contributed by atoms with Crippen molar-refractivity contribution >= 4 is 0 Å². The zero-order valence-electron chi connectivity index (χ0n) is 77.4. The van der Waals surface area contributed by atoms with Crippen LogP contribution in [0.2, 0.25) is 0 Å². The summed E-state index contributed by atoms with van der Waals surface area (Å²) in [6.45, 7) is 8.27. The molecule has 0 amide bonds. The third kappa shape index (κ3) is 31.4. The Bertz CT molecular complexity index is 5180. The maximum Gasteiger partial charge on any atom is 0.129 e. The second-order valence-electron chi connectivity index (χ2n) is 28.6. The van der Waals surface area contributed by atoms with Crippen LogP contribution in [-0.2, 0) is 6.42 Å². The normalized spacial score (nSPS) is 9.81. The Kier molecular flexibility index (Phi) is 42.4. The van der Waals surface area contributed by atoms with Gasteiger partial charge in [-0.2, -0.15) is 0 Å². The minimum absolute atomic E-state index is 0.841. The second kappa shape index (κ2) is 55.1. The molecular weight excluding hydrogens is 1610 g/mol. The maximum absolute atomic E-state index is 5.60. The third-order valence-electron chi connectivity index (χ3n) is 20.2. The van der Waals surface area contributed by atoms with Crippen LogP contribution in [0.15, 0.2) is 388 Å². The van der Waals surface area contributed by atoms with Crippen LogP contribution in [0.4, 0.5) is 0 Å². The topological polar surface area (TPSA) is 129 Å². The van der Waals surface area contributed by atoms with E-state index in [0.29, 0.717) is 0 Å². The summed E-state index contributed by atoms with van der Waals surface area (Å²) in [5.41, 5.74) is 21.1. The van der Waals surface area contributed by atoms with Crippen LogP contribution in [0.25, 0.3) is 66.8 Å². The molecule has 0 aliphatic rings. The minimum atomic E-state index is 0.841. The number of methoxy groups -OCH3 is 14. The molecule has 16 aromatic carbocycles. The summed E-state index contributed by atoms with van der Waals surface area (Å²) >= 11 is 0. The molecule has 129 heavy (non-hydrogen) atoms. The van der Waals surface area contributed by atoms with Crippen molar-refractivity contribution in [2.24, 2.45) is 0 Å². The molecule has 16 rings (SSSR count). The lowest BCUT2D eigenvalue weighted by atomic mass is 9.96. The second-order valence-corrected chi connectivity index (χ2v) is 28.6. The Morgan fingerprint density at radius 3 is 0.543 bits per heavy atom. The Hall–Kier alpha value is -15.3. The van der Waals surface area contributed by atoms with E-state index in [0.717, 1.165) is 131 Å². The largest absolute Gasteiger partial charge is 0.497 e. The monoisotopic (exact) mass is 1720 g/mol. The van der Waals surface area contributed by atoms with E-state index in [1.807, 2.05) is 188 Å². The van der Waals surface area contributed by atoms with Crippen molar-refractivity contribution in [1.82, 2.24) is 0 Å². The van der Waals surface area contributed by atoms with Crippen LogP contribution in [0.1, 0.15) is 33.4 Å². The zero-order valence-corrected chi connectivity index (χ0v) is 77.4. The molecule has 0 spiro atoms. The highest BCUT2D eigenvalue weighted by Crippen LogP contribution is 2.39. The predicted octanol–water partition coefficient (Wildman–Crippen LogP) is 28.1. The van der Waals surface area contributed by atoms with E-state index in [1.165, 1.54) is 55.6 Å². The molecular formula is C115H120O14. The summed E-state index contributed by atoms with van der Waals surface area (Å²) in [5, 5.41) is 0. The molecule has 0 radical (unpaired) electrons. The molecule has 0 fully saturated rings. The highest BCUT2D eigenvalue weighted by atomic mass is 16.5. The van der Waals surface area contributed by atoms with Crippen LogP contribution in [-0.4, -0.2) is 99.5 Å². The fraction of sp³-hybridized carbons (Fsp3) is 0.165. The molecule has 14 nitrogen and oxygen atoms in total. The molecule has 0 aliphatic carbocycles. The van der Waals surface area contributed by atoms with Gasteiger partial charge in [-0.05, 0) is 229 Å². The van der Waals surface area contributed by atoms with Gasteiger partial charge >= 0.3 is 0 Å². The number of hydrogen-bond donors (Lipinski definition) is 0. The number of hydrogen-bond acceptors (Lipinski definition) is 14. The molecule has 0 aliphatic heterocycles. The van der Waals surface area contributed by atoms with Gasteiger partial charge in [0.1, 0.15) is 80.5 Å². The third-order valence-corrected chi connectivity index (χ3v) is 20.2. The summed E-state index contributed by atoms with van der Waals surface area (Å²) in [6.07, 6.45) is 0.841. The molecule has 0 aromatic heterocycles. The van der Waals surface area contributed by atoms with Crippen molar-refractivity contribution in [3.8, 4) is 147 Å². The maximum atomic E-state index is 5.60. The highest BCUT2D eigenvalue weighted by Gasteiger charge is 2.14. The van der Waals surface area contributed by atoms with Crippen LogP contribution >= 0.6 is 0 Å². The lowest BCUT2D eigenvalue weighted by Gasteiger charge is -2.13. The molecule has 0 saturated heterocycles. The first-order chi connectivity index (χ1) is 63.0. The Morgan fingerprint density at radius 2 is 0.349 bits per heavy atom. The minimum Gasteiger partial charge on any atom is -0.497 e. The van der Waals surface area contributed by atoms with Gasteiger partial charge in [-0.25, -0.2) is 0 Å². The van der Waals surface area contributed by atoms with Crippen molar-refractivity contribution in [3.63, 3.8) is 0 Å². The molecule has 0 bridgehead atoms. The van der Waals surface area contributed by atoms with Crippen molar-refractivity contribution < 1.29 is 66.3 Å². The number of aryl methyl sites for hydroxylation is 4. The smallest absolute Gasteiger partial charge is 0.129 e. The van der Waals surface area contributed by atoms with Crippen LogP contribution in [0, 0.1) is 27.7 Å². The van der Waals surface area contributed by atoms with E-state index in [1.54, 1.807) is 99.5 Å². The van der Waals surface area contributed by atoms with Crippen LogP contribution in [0.3, 0.4) is 0 Å². The van der Waals surface area contributed by atoms with E-state index in [-0.39, 0.29) is 0 Å². The number of para-hydroxylation sites is 3. The van der Waals surface area contributed by atoms with Gasteiger partial charge in [0, 0.05) is 33.4 Å². The van der Waals surface area contributed by atoms with E-state index in [2.05, 4.69) is 228 Å². The van der Waals surface area contributed by atoms with Gasteiger partial charge in [0.15, 0.2) is 0 Å². The molecule has 0 unspecified atom stereocenters. The van der Waals surface area contributed by atoms with Crippen molar-refractivity contribution in [2.75, 3.05) is 99.5 Å². The molecule has 0 atom stereocenters. The molecule has 0 N–H and O–H groups in total. The number of benzene rings is 16. The van der Waals surface area contributed by atoms with E-state index < -0.39 is 0 Å². The SMILES string of the molecule is COc1c(C)cccc1-c1ccccc1.COc1c(C)cccc1-c1ccccc1.COc1c(C)cccc1-c1ccccc1.COc1ccc(C)cc1-c1ccccc1.COc1ccc(Cc2ccc(OC)c(-c3ccccc3)c2)cc1-c1ccccc1.COc1ccc(OC)cc1.COc1ccc(OC)cc1.COc1ccc(OC)cc1.COc1ccc(OC)cc1.